The van der Waals surface area contributed by atoms with Crippen molar-refractivity contribution in [3.63, 3.8) is 0 Å². The molecular formula is C17H17N3OS2. The monoisotopic (exact) mass is 343 g/mol. The third-order valence-corrected chi connectivity index (χ3v) is 5.06. The molecule has 118 valence electrons. The Hall–Kier alpha value is -2.18. The van der Waals surface area contributed by atoms with Crippen molar-refractivity contribution < 1.29 is 4.79 Å². The number of pyridine rings is 1. The summed E-state index contributed by atoms with van der Waals surface area (Å²) in [5, 5.41) is 7.84. The van der Waals surface area contributed by atoms with Crippen LogP contribution in [0.3, 0.4) is 0 Å². The van der Waals surface area contributed by atoms with Gasteiger partial charge in [-0.05, 0) is 47.0 Å². The molecular weight excluding hydrogens is 326 g/mol. The summed E-state index contributed by atoms with van der Waals surface area (Å²) in [7, 11) is 0. The van der Waals surface area contributed by atoms with E-state index < -0.39 is 0 Å². The van der Waals surface area contributed by atoms with Gasteiger partial charge in [-0.2, -0.15) is 0 Å². The van der Waals surface area contributed by atoms with Gasteiger partial charge in [0.2, 0.25) is 0 Å². The fourth-order valence-electron chi connectivity index (χ4n) is 2.20. The Morgan fingerprint density at radius 1 is 1.13 bits per heavy atom. The summed E-state index contributed by atoms with van der Waals surface area (Å²) in [6.45, 7) is 1.23. The standard InChI is InChI=1S/C17H17N3OS2/c21-17(19-16-6-3-11-23-16)20(9-7-15-5-2-10-22-15)13-14-4-1-8-18-12-14/h1-6,8,10-12H,7,9,13H2,(H,19,21). The number of hydrogen-bond donors (Lipinski definition) is 1. The van der Waals surface area contributed by atoms with Crippen LogP contribution in [0, 0.1) is 0 Å². The average Bonchev–Trinajstić information content (AvgIpc) is 3.26. The lowest BCUT2D eigenvalue weighted by Gasteiger charge is -2.22. The number of carbonyl (C=O) groups excluding carboxylic acids is 1. The molecule has 0 aliphatic carbocycles. The van der Waals surface area contributed by atoms with E-state index in [1.54, 1.807) is 23.7 Å². The molecule has 1 N–H and O–H groups in total. The summed E-state index contributed by atoms with van der Waals surface area (Å²) in [6.07, 6.45) is 4.40. The van der Waals surface area contributed by atoms with Crippen molar-refractivity contribution in [3.05, 3.63) is 70.0 Å². The van der Waals surface area contributed by atoms with Crippen LogP contribution in [-0.4, -0.2) is 22.5 Å². The van der Waals surface area contributed by atoms with E-state index in [1.165, 1.54) is 16.2 Å². The molecule has 0 atom stereocenters. The predicted octanol–water partition coefficient (Wildman–Crippen LogP) is 4.48. The lowest BCUT2D eigenvalue weighted by molar-refractivity contribution is 0.210. The maximum absolute atomic E-state index is 12.6. The molecule has 3 heterocycles. The minimum absolute atomic E-state index is 0.0761. The molecule has 2 amide bonds. The second-order valence-electron chi connectivity index (χ2n) is 5.02. The minimum Gasteiger partial charge on any atom is -0.320 e. The van der Waals surface area contributed by atoms with Crippen molar-refractivity contribution in [1.82, 2.24) is 9.88 Å². The molecule has 3 aromatic heterocycles. The summed E-state index contributed by atoms with van der Waals surface area (Å²) in [6, 6.07) is 11.8. The zero-order valence-electron chi connectivity index (χ0n) is 12.5. The zero-order valence-corrected chi connectivity index (χ0v) is 14.1. The number of aromatic nitrogens is 1. The topological polar surface area (TPSA) is 45.2 Å². The van der Waals surface area contributed by atoms with Crippen molar-refractivity contribution in [2.45, 2.75) is 13.0 Å². The van der Waals surface area contributed by atoms with Gasteiger partial charge in [-0.3, -0.25) is 10.3 Å². The molecule has 0 unspecified atom stereocenters. The Bertz CT molecular complexity index is 712. The smallest absolute Gasteiger partial charge is 0.320 e. The van der Waals surface area contributed by atoms with Gasteiger partial charge in [0.25, 0.3) is 0 Å². The number of thiophene rings is 2. The Morgan fingerprint density at radius 3 is 2.70 bits per heavy atom. The third kappa shape index (κ3) is 4.64. The van der Waals surface area contributed by atoms with Crippen LogP contribution in [0.1, 0.15) is 10.4 Å². The molecule has 0 bridgehead atoms. The largest absolute Gasteiger partial charge is 0.322 e. The van der Waals surface area contributed by atoms with E-state index in [0.29, 0.717) is 13.1 Å². The van der Waals surface area contributed by atoms with Crippen LogP contribution in [0.4, 0.5) is 9.80 Å². The Balaban J connectivity index is 1.67. The molecule has 0 radical (unpaired) electrons. The highest BCUT2D eigenvalue weighted by molar-refractivity contribution is 7.14. The van der Waals surface area contributed by atoms with Crippen LogP contribution < -0.4 is 5.32 Å². The highest BCUT2D eigenvalue weighted by Crippen LogP contribution is 2.17. The Kier molecular flexibility index (Phi) is 5.39. The molecule has 0 saturated carbocycles. The van der Waals surface area contributed by atoms with Crippen molar-refractivity contribution in [1.29, 1.82) is 0 Å². The van der Waals surface area contributed by atoms with Crippen LogP contribution in [-0.2, 0) is 13.0 Å². The van der Waals surface area contributed by atoms with E-state index in [2.05, 4.69) is 21.7 Å². The van der Waals surface area contributed by atoms with Crippen molar-refractivity contribution in [3.8, 4) is 0 Å². The van der Waals surface area contributed by atoms with Gasteiger partial charge in [0, 0.05) is 30.4 Å². The number of anilines is 1. The fourth-order valence-corrected chi connectivity index (χ4v) is 3.50. The maximum atomic E-state index is 12.6. The molecule has 0 fully saturated rings. The van der Waals surface area contributed by atoms with Gasteiger partial charge in [-0.1, -0.05) is 12.1 Å². The second kappa shape index (κ2) is 7.89. The van der Waals surface area contributed by atoms with Crippen LogP contribution in [0.2, 0.25) is 0 Å². The highest BCUT2D eigenvalue weighted by Gasteiger charge is 2.15. The van der Waals surface area contributed by atoms with Gasteiger partial charge >= 0.3 is 6.03 Å². The van der Waals surface area contributed by atoms with Gasteiger partial charge in [-0.25, -0.2) is 4.79 Å². The van der Waals surface area contributed by atoms with Crippen molar-refractivity contribution >= 4 is 33.7 Å². The lowest BCUT2D eigenvalue weighted by Crippen LogP contribution is -2.35. The molecule has 23 heavy (non-hydrogen) atoms. The van der Waals surface area contributed by atoms with E-state index in [-0.39, 0.29) is 6.03 Å². The number of urea groups is 1. The zero-order chi connectivity index (χ0) is 15.9. The third-order valence-electron chi connectivity index (χ3n) is 3.34. The number of amides is 2. The normalized spacial score (nSPS) is 10.4. The number of nitrogens with one attached hydrogen (secondary N) is 1. The first-order valence-electron chi connectivity index (χ1n) is 7.32. The average molecular weight is 343 g/mol. The fraction of sp³-hybridized carbons (Fsp3) is 0.176. The van der Waals surface area contributed by atoms with Gasteiger partial charge < -0.3 is 4.90 Å². The molecule has 6 heteroatoms. The van der Waals surface area contributed by atoms with E-state index in [0.717, 1.165) is 17.0 Å². The Labute approximate surface area is 143 Å². The van der Waals surface area contributed by atoms with Crippen LogP contribution in [0.15, 0.2) is 59.6 Å². The first-order chi connectivity index (χ1) is 11.3. The number of carbonyl (C=O) groups is 1. The molecule has 0 aromatic carbocycles. The van der Waals surface area contributed by atoms with Gasteiger partial charge in [-0.15, -0.1) is 22.7 Å². The van der Waals surface area contributed by atoms with Crippen molar-refractivity contribution in [2.75, 3.05) is 11.9 Å². The summed E-state index contributed by atoms with van der Waals surface area (Å²) in [5.74, 6) is 0. The Morgan fingerprint density at radius 2 is 2.00 bits per heavy atom. The summed E-state index contributed by atoms with van der Waals surface area (Å²) in [4.78, 5) is 19.8. The van der Waals surface area contributed by atoms with Crippen molar-refractivity contribution in [2.24, 2.45) is 0 Å². The first-order valence-corrected chi connectivity index (χ1v) is 9.08. The summed E-state index contributed by atoms with van der Waals surface area (Å²) in [5.41, 5.74) is 1.03. The molecule has 0 spiro atoms. The van der Waals surface area contributed by atoms with E-state index >= 15 is 0 Å². The summed E-state index contributed by atoms with van der Waals surface area (Å²) < 4.78 is 0. The van der Waals surface area contributed by atoms with Crippen LogP contribution >= 0.6 is 22.7 Å². The molecule has 0 saturated heterocycles. The van der Waals surface area contributed by atoms with Gasteiger partial charge in [0.15, 0.2) is 0 Å². The summed E-state index contributed by atoms with van der Waals surface area (Å²) >= 11 is 3.24. The molecule has 3 rings (SSSR count). The van der Waals surface area contributed by atoms with Gasteiger partial charge in [0.1, 0.15) is 0 Å². The quantitative estimate of drug-likeness (QED) is 0.717. The van der Waals surface area contributed by atoms with E-state index in [1.807, 2.05) is 40.6 Å². The van der Waals surface area contributed by atoms with Crippen LogP contribution in [0.5, 0.6) is 0 Å². The minimum atomic E-state index is -0.0761. The number of nitrogens with zero attached hydrogens (tertiary/aromatic N) is 2. The lowest BCUT2D eigenvalue weighted by atomic mass is 10.2. The van der Waals surface area contributed by atoms with Crippen LogP contribution in [0.25, 0.3) is 0 Å². The molecule has 0 aliphatic rings. The molecule has 0 aliphatic heterocycles. The molecule has 4 nitrogen and oxygen atoms in total. The highest BCUT2D eigenvalue weighted by atomic mass is 32.1. The predicted molar refractivity (Wildman–Crippen MR) is 96.0 cm³/mol. The van der Waals surface area contributed by atoms with Gasteiger partial charge in [0.05, 0.1) is 5.00 Å². The maximum Gasteiger partial charge on any atom is 0.322 e. The number of hydrogen-bond acceptors (Lipinski definition) is 4. The van der Waals surface area contributed by atoms with E-state index in [4.69, 9.17) is 0 Å². The molecule has 3 aromatic rings. The first kappa shape index (κ1) is 15.7. The SMILES string of the molecule is O=C(Nc1cccs1)N(CCc1cccs1)Cc1cccnc1. The second-order valence-corrected chi connectivity index (χ2v) is 7.00. The van der Waals surface area contributed by atoms with E-state index in [9.17, 15) is 4.79 Å². The number of rotatable bonds is 6.